The highest BCUT2D eigenvalue weighted by atomic mass is 14.6. The summed E-state index contributed by atoms with van der Waals surface area (Å²) in [7, 11) is 0. The largest absolute Gasteiger partial charge is 0.399 e. The monoisotopic (exact) mass is 207 g/mol. The highest BCUT2D eigenvalue weighted by Crippen LogP contribution is 2.62. The summed E-state index contributed by atoms with van der Waals surface area (Å²) in [5.41, 5.74) is 14.5. The van der Waals surface area contributed by atoms with Crippen molar-refractivity contribution in [2.75, 3.05) is 0 Å². The molecule has 0 heterocycles. The topological polar surface area (TPSA) is 26.0 Å². The molecule has 0 bridgehead atoms. The third-order valence-electron chi connectivity index (χ3n) is 3.79. The van der Waals surface area contributed by atoms with E-state index in [-0.39, 0.29) is 0 Å². The summed E-state index contributed by atoms with van der Waals surface area (Å²) in [6.45, 7) is 0. The fraction of sp³-hybridized carbons (Fsp3) is 0.200. The first kappa shape index (κ1) is 8.40. The number of fused-ring (bicyclic) bond motifs is 4. The maximum atomic E-state index is 5.86. The zero-order chi connectivity index (χ0) is 10.7. The quantitative estimate of drug-likeness (QED) is 0.649. The molecule has 0 radical (unpaired) electrons. The van der Waals surface area contributed by atoms with Crippen LogP contribution in [0.2, 0.25) is 0 Å². The lowest BCUT2D eigenvalue weighted by Crippen LogP contribution is -1.95. The first-order valence-corrected chi connectivity index (χ1v) is 5.82. The van der Waals surface area contributed by atoms with Gasteiger partial charge in [0.2, 0.25) is 0 Å². The molecule has 1 atom stereocenters. The van der Waals surface area contributed by atoms with E-state index in [4.69, 9.17) is 5.73 Å². The summed E-state index contributed by atoms with van der Waals surface area (Å²) in [5, 5.41) is 0. The van der Waals surface area contributed by atoms with E-state index in [2.05, 4.69) is 18.2 Å². The zero-order valence-corrected chi connectivity index (χ0v) is 9.03. The molecule has 4 aliphatic carbocycles. The summed E-state index contributed by atoms with van der Waals surface area (Å²) < 4.78 is 0. The van der Waals surface area contributed by atoms with Crippen molar-refractivity contribution >= 4 is 0 Å². The van der Waals surface area contributed by atoms with E-state index in [1.165, 1.54) is 24.0 Å². The van der Waals surface area contributed by atoms with Crippen molar-refractivity contribution in [3.05, 3.63) is 70.0 Å². The van der Waals surface area contributed by atoms with Crippen LogP contribution in [0.1, 0.15) is 12.8 Å². The molecule has 0 spiro atoms. The highest BCUT2D eigenvalue weighted by Gasteiger charge is 2.47. The Morgan fingerprint density at radius 3 is 2.88 bits per heavy atom. The van der Waals surface area contributed by atoms with E-state index in [1.54, 1.807) is 16.7 Å². The molecule has 0 aliphatic heterocycles. The van der Waals surface area contributed by atoms with E-state index in [0.717, 1.165) is 11.6 Å². The van der Waals surface area contributed by atoms with Crippen LogP contribution in [-0.2, 0) is 0 Å². The van der Waals surface area contributed by atoms with Gasteiger partial charge in [0.1, 0.15) is 0 Å². The van der Waals surface area contributed by atoms with Crippen LogP contribution in [0, 0.1) is 5.92 Å². The lowest BCUT2D eigenvalue weighted by molar-refractivity contribution is 1.06. The van der Waals surface area contributed by atoms with E-state index in [0.29, 0.717) is 0 Å². The molecular weight excluding hydrogens is 194 g/mol. The molecule has 0 saturated heterocycles. The van der Waals surface area contributed by atoms with E-state index in [9.17, 15) is 0 Å². The molecule has 4 rings (SSSR count). The molecule has 16 heavy (non-hydrogen) atoms. The average molecular weight is 207 g/mol. The van der Waals surface area contributed by atoms with Crippen LogP contribution in [-0.4, -0.2) is 0 Å². The van der Waals surface area contributed by atoms with Crippen LogP contribution in [0.4, 0.5) is 0 Å². The second kappa shape index (κ2) is 2.67. The molecule has 0 aromatic heterocycles. The van der Waals surface area contributed by atoms with E-state index >= 15 is 0 Å². The lowest BCUT2D eigenvalue weighted by Gasteiger charge is -2.08. The zero-order valence-electron chi connectivity index (χ0n) is 9.03. The van der Waals surface area contributed by atoms with Crippen LogP contribution < -0.4 is 5.73 Å². The van der Waals surface area contributed by atoms with Crippen molar-refractivity contribution in [1.29, 1.82) is 0 Å². The van der Waals surface area contributed by atoms with E-state index < -0.39 is 0 Å². The van der Waals surface area contributed by atoms with Gasteiger partial charge in [0.15, 0.2) is 0 Å². The molecule has 4 aliphatic rings. The molecule has 1 heteroatoms. The summed E-state index contributed by atoms with van der Waals surface area (Å²) in [6, 6.07) is 0. The number of hydrogen-bond acceptors (Lipinski definition) is 1. The second-order valence-corrected chi connectivity index (χ2v) is 4.84. The summed E-state index contributed by atoms with van der Waals surface area (Å²) >= 11 is 0. The Morgan fingerprint density at radius 1 is 1.06 bits per heavy atom. The van der Waals surface area contributed by atoms with Gasteiger partial charge in [-0.2, -0.15) is 0 Å². The summed E-state index contributed by atoms with van der Waals surface area (Å²) in [4.78, 5) is 0. The van der Waals surface area contributed by atoms with Crippen LogP contribution >= 0.6 is 0 Å². The molecule has 0 aromatic carbocycles. The van der Waals surface area contributed by atoms with Gasteiger partial charge in [0.05, 0.1) is 0 Å². The smallest absolute Gasteiger partial charge is 0.0314 e. The molecule has 78 valence electrons. The second-order valence-electron chi connectivity index (χ2n) is 4.84. The Morgan fingerprint density at radius 2 is 1.94 bits per heavy atom. The number of nitrogens with two attached hydrogens (primary N) is 1. The van der Waals surface area contributed by atoms with Gasteiger partial charge < -0.3 is 5.73 Å². The van der Waals surface area contributed by atoms with Gasteiger partial charge in [-0.05, 0) is 47.3 Å². The van der Waals surface area contributed by atoms with Crippen LogP contribution in [0.25, 0.3) is 0 Å². The van der Waals surface area contributed by atoms with Gasteiger partial charge >= 0.3 is 0 Å². The Kier molecular flexibility index (Phi) is 1.40. The Bertz CT molecular complexity index is 577. The van der Waals surface area contributed by atoms with Crippen molar-refractivity contribution in [3.63, 3.8) is 0 Å². The van der Waals surface area contributed by atoms with Gasteiger partial charge in [0, 0.05) is 11.6 Å². The van der Waals surface area contributed by atoms with Crippen molar-refractivity contribution in [2.24, 2.45) is 11.7 Å². The van der Waals surface area contributed by atoms with Gasteiger partial charge in [-0.1, -0.05) is 29.9 Å². The molecule has 2 N–H and O–H groups in total. The van der Waals surface area contributed by atoms with Crippen molar-refractivity contribution in [1.82, 2.24) is 0 Å². The third kappa shape index (κ3) is 1.06. The van der Waals surface area contributed by atoms with Crippen molar-refractivity contribution in [2.45, 2.75) is 12.8 Å². The molecular formula is C15H13N. The molecule has 2 saturated carbocycles. The highest BCUT2D eigenvalue weighted by molar-refractivity contribution is 5.73. The minimum atomic E-state index is 0.727. The lowest BCUT2D eigenvalue weighted by atomic mass is 9.96. The fourth-order valence-corrected chi connectivity index (χ4v) is 2.82. The first-order chi connectivity index (χ1) is 7.84. The van der Waals surface area contributed by atoms with Gasteiger partial charge in [-0.15, -0.1) is 0 Å². The minimum absolute atomic E-state index is 0.727. The van der Waals surface area contributed by atoms with Crippen LogP contribution in [0.5, 0.6) is 0 Å². The van der Waals surface area contributed by atoms with Crippen LogP contribution in [0.3, 0.4) is 0 Å². The molecule has 0 amide bonds. The summed E-state index contributed by atoms with van der Waals surface area (Å²) in [6.07, 6.45) is 15.1. The number of allylic oxidation sites excluding steroid dienone is 11. The maximum absolute atomic E-state index is 5.86. The van der Waals surface area contributed by atoms with E-state index in [1.807, 2.05) is 18.2 Å². The Hall–Kier alpha value is -1.76. The first-order valence-electron chi connectivity index (χ1n) is 5.82. The Balaban J connectivity index is 1.90. The maximum Gasteiger partial charge on any atom is 0.0314 e. The SMILES string of the molecule is NC1=CC=CC=C2C(=C3CC3=C3CC23)C=C1. The molecule has 0 aromatic rings. The summed E-state index contributed by atoms with van der Waals surface area (Å²) in [5.74, 6) is 0.727. The molecule has 2 fully saturated rings. The predicted molar refractivity (Wildman–Crippen MR) is 65.4 cm³/mol. The molecule has 1 unspecified atom stereocenters. The fourth-order valence-electron chi connectivity index (χ4n) is 2.82. The predicted octanol–water partition coefficient (Wildman–Crippen LogP) is 2.91. The normalized spacial score (nSPS) is 29.4. The van der Waals surface area contributed by atoms with Gasteiger partial charge in [0.25, 0.3) is 0 Å². The van der Waals surface area contributed by atoms with Gasteiger partial charge in [-0.3, -0.25) is 0 Å². The number of rotatable bonds is 0. The third-order valence-corrected chi connectivity index (χ3v) is 3.79. The average Bonchev–Trinajstić information content (AvgIpc) is 3.10. The van der Waals surface area contributed by atoms with Crippen molar-refractivity contribution in [3.8, 4) is 0 Å². The van der Waals surface area contributed by atoms with Gasteiger partial charge in [-0.25, -0.2) is 0 Å². The molecule has 1 nitrogen and oxygen atoms in total. The standard InChI is InChI=1S/C15H13N/c16-9-3-1-2-4-10-11(6-5-9)13-8-15(13)14-7-12(10)14/h1-6,12H,7-8,16H2. The van der Waals surface area contributed by atoms with Crippen molar-refractivity contribution < 1.29 is 0 Å². The number of hydrogen-bond donors (Lipinski definition) is 1. The van der Waals surface area contributed by atoms with Crippen LogP contribution in [0.15, 0.2) is 70.0 Å². The Labute approximate surface area is 95.0 Å². The minimum Gasteiger partial charge on any atom is -0.399 e.